The van der Waals surface area contributed by atoms with Crippen LogP contribution in [0.1, 0.15) is 17.5 Å². The molecule has 152 valence electrons. The van der Waals surface area contributed by atoms with Crippen LogP contribution in [0.4, 0.5) is 0 Å². The Morgan fingerprint density at radius 2 is 1.77 bits per heavy atom. The molecule has 5 nitrogen and oxygen atoms in total. The number of allylic oxidation sites excluding steroid dienone is 2. The van der Waals surface area contributed by atoms with Gasteiger partial charge in [0.2, 0.25) is 0 Å². The van der Waals surface area contributed by atoms with E-state index in [1.54, 1.807) is 18.2 Å². The fraction of sp³-hybridized carbons (Fsp3) is 0.261. The Hall–Kier alpha value is -2.63. The van der Waals surface area contributed by atoms with Gasteiger partial charge in [0.05, 0.1) is 18.1 Å². The first kappa shape index (κ1) is 19.3. The maximum atomic E-state index is 12.7. The molecule has 30 heavy (non-hydrogen) atoms. The molecule has 0 spiro atoms. The molecule has 1 aliphatic heterocycles. The van der Waals surface area contributed by atoms with E-state index in [9.17, 15) is 9.59 Å². The molecule has 2 amide bonds. The zero-order chi connectivity index (χ0) is 20.8. The highest BCUT2D eigenvalue weighted by Gasteiger charge is 2.59. The molecule has 7 heteroatoms. The van der Waals surface area contributed by atoms with Crippen LogP contribution in [0.2, 0.25) is 10.0 Å². The Morgan fingerprint density at radius 3 is 2.47 bits per heavy atom. The smallest absolute Gasteiger partial charge is 0.254 e. The zero-order valence-electron chi connectivity index (χ0n) is 15.9. The monoisotopic (exact) mass is 440 g/mol. The first-order chi connectivity index (χ1) is 14.5. The molecule has 0 aromatic heterocycles. The first-order valence-corrected chi connectivity index (χ1v) is 10.5. The molecular formula is C23H18Cl2N2O3. The number of benzene rings is 2. The van der Waals surface area contributed by atoms with Crippen molar-refractivity contribution in [2.75, 3.05) is 0 Å². The van der Waals surface area contributed by atoms with Gasteiger partial charge in [-0.05, 0) is 48.1 Å². The Morgan fingerprint density at radius 1 is 1.03 bits per heavy atom. The fourth-order valence-corrected chi connectivity index (χ4v) is 5.07. The summed E-state index contributed by atoms with van der Waals surface area (Å²) in [6.07, 6.45) is 6.56. The molecule has 2 aromatic rings. The molecule has 2 fully saturated rings. The Balaban J connectivity index is 1.27. The highest BCUT2D eigenvalue weighted by molar-refractivity contribution is 6.35. The predicted molar refractivity (Wildman–Crippen MR) is 114 cm³/mol. The van der Waals surface area contributed by atoms with E-state index < -0.39 is 0 Å². The topological polar surface area (TPSA) is 59.0 Å². The number of hydrazone groups is 1. The van der Waals surface area contributed by atoms with Gasteiger partial charge < -0.3 is 4.74 Å². The molecule has 0 radical (unpaired) electrons. The van der Waals surface area contributed by atoms with Crippen molar-refractivity contribution in [1.29, 1.82) is 0 Å². The van der Waals surface area contributed by atoms with Crippen molar-refractivity contribution in [2.45, 2.75) is 13.0 Å². The number of amides is 2. The second-order valence-electron chi connectivity index (χ2n) is 7.83. The van der Waals surface area contributed by atoms with Crippen molar-refractivity contribution in [3.8, 4) is 5.75 Å². The average Bonchev–Trinajstić information content (AvgIpc) is 3.41. The Labute approximate surface area is 183 Å². The molecule has 2 aromatic carbocycles. The van der Waals surface area contributed by atoms with E-state index in [0.29, 0.717) is 22.4 Å². The summed E-state index contributed by atoms with van der Waals surface area (Å²) in [5, 5.41) is 6.36. The van der Waals surface area contributed by atoms with E-state index in [2.05, 4.69) is 17.3 Å². The zero-order valence-corrected chi connectivity index (χ0v) is 17.4. The van der Waals surface area contributed by atoms with Gasteiger partial charge in [-0.1, -0.05) is 53.6 Å². The van der Waals surface area contributed by atoms with Crippen LogP contribution in [-0.2, 0) is 16.2 Å². The summed E-state index contributed by atoms with van der Waals surface area (Å²) in [6, 6.07) is 12.5. The van der Waals surface area contributed by atoms with Gasteiger partial charge in [0, 0.05) is 15.6 Å². The van der Waals surface area contributed by atoms with Crippen molar-refractivity contribution < 1.29 is 14.3 Å². The summed E-state index contributed by atoms with van der Waals surface area (Å²) in [4.78, 5) is 25.4. The fourth-order valence-electron chi connectivity index (χ4n) is 4.61. The number of imide groups is 1. The van der Waals surface area contributed by atoms with E-state index in [0.717, 1.165) is 22.6 Å². The third-order valence-corrected chi connectivity index (χ3v) is 6.62. The van der Waals surface area contributed by atoms with Crippen molar-refractivity contribution in [1.82, 2.24) is 5.01 Å². The van der Waals surface area contributed by atoms with Crippen LogP contribution in [-0.4, -0.2) is 23.0 Å². The quantitative estimate of drug-likeness (QED) is 0.384. The van der Waals surface area contributed by atoms with Crippen LogP contribution in [0.25, 0.3) is 0 Å². The number of carbonyl (C=O) groups is 2. The maximum absolute atomic E-state index is 12.7. The SMILES string of the molecule is O=C1[C@@H]2[C@@H](C(=O)N1/N=C\c1cccc(OCc3ccc(Cl)cc3Cl)c1)[C@H]1C=C[C@H]2C1. The van der Waals surface area contributed by atoms with Crippen LogP contribution in [0.5, 0.6) is 5.75 Å². The normalized spacial score (nSPS) is 26.8. The molecule has 0 unspecified atom stereocenters. The van der Waals surface area contributed by atoms with Gasteiger partial charge in [-0.3, -0.25) is 9.59 Å². The van der Waals surface area contributed by atoms with Crippen molar-refractivity contribution >= 4 is 41.2 Å². The van der Waals surface area contributed by atoms with Crippen LogP contribution >= 0.6 is 23.2 Å². The van der Waals surface area contributed by atoms with Gasteiger partial charge in [0.25, 0.3) is 11.8 Å². The number of carbonyl (C=O) groups excluding carboxylic acids is 2. The third-order valence-electron chi connectivity index (χ3n) is 6.04. The maximum Gasteiger partial charge on any atom is 0.254 e. The number of rotatable bonds is 5. The van der Waals surface area contributed by atoms with E-state index in [1.807, 2.05) is 24.3 Å². The number of ether oxygens (including phenoxy) is 1. The lowest BCUT2D eigenvalue weighted by atomic mass is 9.85. The molecule has 1 saturated heterocycles. The highest BCUT2D eigenvalue weighted by atomic mass is 35.5. The molecule has 2 aliphatic carbocycles. The molecule has 3 aliphatic rings. The van der Waals surface area contributed by atoms with E-state index in [4.69, 9.17) is 27.9 Å². The number of nitrogens with zero attached hydrogens (tertiary/aromatic N) is 2. The summed E-state index contributed by atoms with van der Waals surface area (Å²) >= 11 is 12.1. The molecular weight excluding hydrogens is 423 g/mol. The molecule has 1 saturated carbocycles. The summed E-state index contributed by atoms with van der Waals surface area (Å²) in [6.45, 7) is 0.291. The minimum atomic E-state index is -0.247. The lowest BCUT2D eigenvalue weighted by molar-refractivity contribution is -0.140. The number of hydrogen-bond acceptors (Lipinski definition) is 4. The van der Waals surface area contributed by atoms with E-state index >= 15 is 0 Å². The van der Waals surface area contributed by atoms with Crippen LogP contribution in [0.15, 0.2) is 59.7 Å². The minimum Gasteiger partial charge on any atom is -0.489 e. The van der Waals surface area contributed by atoms with Gasteiger partial charge >= 0.3 is 0 Å². The molecule has 1 heterocycles. The second kappa shape index (κ2) is 7.56. The summed E-state index contributed by atoms with van der Waals surface area (Å²) < 4.78 is 5.82. The van der Waals surface area contributed by atoms with Crippen molar-refractivity contribution in [3.63, 3.8) is 0 Å². The molecule has 0 N–H and O–H groups in total. The number of fused-ring (bicyclic) bond motifs is 5. The number of halogens is 2. The van der Waals surface area contributed by atoms with Gasteiger partial charge in [0.1, 0.15) is 12.4 Å². The van der Waals surface area contributed by atoms with Crippen LogP contribution < -0.4 is 4.74 Å². The van der Waals surface area contributed by atoms with Crippen molar-refractivity contribution in [2.24, 2.45) is 28.8 Å². The van der Waals surface area contributed by atoms with Gasteiger partial charge in [-0.15, -0.1) is 0 Å². The van der Waals surface area contributed by atoms with Crippen LogP contribution in [0, 0.1) is 23.7 Å². The Kier molecular flexibility index (Phi) is 4.88. The third kappa shape index (κ3) is 3.32. The van der Waals surface area contributed by atoms with Gasteiger partial charge in [0.15, 0.2) is 0 Å². The van der Waals surface area contributed by atoms with Gasteiger partial charge in [-0.25, -0.2) is 0 Å². The Bertz CT molecular complexity index is 1070. The lowest BCUT2D eigenvalue weighted by Crippen LogP contribution is -2.28. The molecule has 5 rings (SSSR count). The second-order valence-corrected chi connectivity index (χ2v) is 8.67. The standard InChI is InChI=1S/C23H18Cl2N2O3/c24-17-7-6-16(19(25)10-17)12-30-18-3-1-2-13(8-18)11-26-27-22(28)20-14-4-5-15(9-14)21(20)23(27)29/h1-8,10-11,14-15,20-21H,9,12H2/b26-11-/t14-,15-,20-,21-/m0/s1. The summed E-state index contributed by atoms with van der Waals surface area (Å²) in [5.74, 6) is 0.0990. The highest BCUT2D eigenvalue weighted by Crippen LogP contribution is 2.52. The van der Waals surface area contributed by atoms with E-state index in [1.165, 1.54) is 6.21 Å². The summed E-state index contributed by atoms with van der Waals surface area (Å²) in [7, 11) is 0. The van der Waals surface area contributed by atoms with Crippen molar-refractivity contribution in [3.05, 3.63) is 75.8 Å². The minimum absolute atomic E-state index is 0.174. The molecule has 2 bridgehead atoms. The largest absolute Gasteiger partial charge is 0.489 e. The average molecular weight is 441 g/mol. The first-order valence-electron chi connectivity index (χ1n) is 9.78. The lowest BCUT2D eigenvalue weighted by Gasteiger charge is -2.13. The summed E-state index contributed by atoms with van der Waals surface area (Å²) in [5.41, 5.74) is 1.55. The molecule has 4 atom stereocenters. The predicted octanol–water partition coefficient (Wildman–Crippen LogP) is 4.71. The van der Waals surface area contributed by atoms with Gasteiger partial charge in [-0.2, -0.15) is 10.1 Å². The van der Waals surface area contributed by atoms with Crippen LogP contribution in [0.3, 0.4) is 0 Å². The van der Waals surface area contributed by atoms with E-state index in [-0.39, 0.29) is 35.5 Å². The number of hydrogen-bond donors (Lipinski definition) is 0.